The molecule has 0 bridgehead atoms. The smallest absolute Gasteiger partial charge is 0.137 e. The van der Waals surface area contributed by atoms with E-state index in [1.54, 1.807) is 12.4 Å². The molecule has 5 nitrogen and oxygen atoms in total. The maximum absolute atomic E-state index is 10.9. The molecule has 5 heteroatoms. The summed E-state index contributed by atoms with van der Waals surface area (Å²) in [6, 6.07) is 1.88. The zero-order chi connectivity index (χ0) is 15.3. The Bertz CT molecular complexity index is 449. The summed E-state index contributed by atoms with van der Waals surface area (Å²) in [5, 5.41) is 10.9. The number of aliphatic hydroxyl groups is 1. The van der Waals surface area contributed by atoms with Gasteiger partial charge in [0.1, 0.15) is 5.75 Å². The summed E-state index contributed by atoms with van der Waals surface area (Å²) >= 11 is 0. The predicted octanol–water partition coefficient (Wildman–Crippen LogP) is 2.01. The van der Waals surface area contributed by atoms with E-state index in [-0.39, 0.29) is 5.54 Å². The summed E-state index contributed by atoms with van der Waals surface area (Å²) in [5.74, 6) is 0.703. The van der Waals surface area contributed by atoms with E-state index < -0.39 is 6.10 Å². The highest BCUT2D eigenvalue weighted by molar-refractivity contribution is 5.27. The number of aromatic nitrogens is 1. The number of hydrogen-bond donors (Lipinski definition) is 1. The van der Waals surface area contributed by atoms with E-state index in [0.29, 0.717) is 12.4 Å². The summed E-state index contributed by atoms with van der Waals surface area (Å²) < 4.78 is 10.9. The number of ether oxygens (including phenoxy) is 2. The largest absolute Gasteiger partial charge is 0.492 e. The Labute approximate surface area is 126 Å². The van der Waals surface area contributed by atoms with Crippen molar-refractivity contribution in [1.82, 2.24) is 9.88 Å². The predicted molar refractivity (Wildman–Crippen MR) is 81.5 cm³/mol. The Balaban J connectivity index is 2.21. The Morgan fingerprint density at radius 3 is 2.71 bits per heavy atom. The van der Waals surface area contributed by atoms with Crippen LogP contribution in [-0.2, 0) is 4.74 Å². The number of pyridine rings is 1. The van der Waals surface area contributed by atoms with Gasteiger partial charge < -0.3 is 14.6 Å². The van der Waals surface area contributed by atoms with Gasteiger partial charge in [0.05, 0.1) is 32.1 Å². The van der Waals surface area contributed by atoms with Crippen molar-refractivity contribution < 1.29 is 14.6 Å². The van der Waals surface area contributed by atoms with Gasteiger partial charge >= 0.3 is 0 Å². The Morgan fingerprint density at radius 1 is 1.38 bits per heavy atom. The monoisotopic (exact) mass is 294 g/mol. The summed E-state index contributed by atoms with van der Waals surface area (Å²) in [6.45, 7) is 9.89. The lowest BCUT2D eigenvalue weighted by atomic mass is 9.85. The van der Waals surface area contributed by atoms with E-state index >= 15 is 0 Å². The number of rotatable bonds is 6. The third-order valence-electron chi connectivity index (χ3n) is 4.40. The van der Waals surface area contributed by atoms with Crippen LogP contribution in [0.15, 0.2) is 18.5 Å². The Kier molecular flexibility index (Phi) is 5.56. The second-order valence-corrected chi connectivity index (χ2v) is 5.60. The van der Waals surface area contributed by atoms with E-state index in [1.165, 1.54) is 0 Å². The Hall–Kier alpha value is -1.17. The van der Waals surface area contributed by atoms with Crippen LogP contribution in [0.4, 0.5) is 0 Å². The van der Waals surface area contributed by atoms with Crippen LogP contribution in [0.25, 0.3) is 0 Å². The molecule has 0 aliphatic carbocycles. The van der Waals surface area contributed by atoms with Crippen LogP contribution in [0, 0.1) is 0 Å². The quantitative estimate of drug-likeness (QED) is 0.870. The summed E-state index contributed by atoms with van der Waals surface area (Å²) in [5.41, 5.74) is 0.479. The molecule has 1 saturated heterocycles. The maximum Gasteiger partial charge on any atom is 0.137 e. The average Bonchev–Trinajstić information content (AvgIpc) is 2.55. The fraction of sp³-hybridized carbons (Fsp3) is 0.688. The van der Waals surface area contributed by atoms with Crippen molar-refractivity contribution in [3.8, 4) is 5.75 Å². The van der Waals surface area contributed by atoms with E-state index in [1.807, 2.05) is 13.0 Å². The second kappa shape index (κ2) is 7.20. The van der Waals surface area contributed by atoms with Gasteiger partial charge in [0.25, 0.3) is 0 Å². The van der Waals surface area contributed by atoms with Gasteiger partial charge in [0.2, 0.25) is 0 Å². The number of hydrogen-bond acceptors (Lipinski definition) is 5. The SMILES string of the molecule is CCOc1cncc(C(O)C(C)(CC)N2CCOCC2)c1. The van der Waals surface area contributed by atoms with Gasteiger partial charge in [-0.3, -0.25) is 9.88 Å². The van der Waals surface area contributed by atoms with Crippen molar-refractivity contribution in [3.63, 3.8) is 0 Å². The molecule has 0 aromatic carbocycles. The lowest BCUT2D eigenvalue weighted by Gasteiger charge is -2.45. The molecule has 21 heavy (non-hydrogen) atoms. The first kappa shape index (κ1) is 16.2. The molecule has 0 spiro atoms. The molecule has 1 aromatic rings. The normalized spacial score (nSPS) is 20.8. The fourth-order valence-corrected chi connectivity index (χ4v) is 2.85. The maximum atomic E-state index is 10.9. The number of morpholine rings is 1. The lowest BCUT2D eigenvalue weighted by molar-refractivity contribution is -0.0735. The van der Waals surface area contributed by atoms with Crippen LogP contribution >= 0.6 is 0 Å². The molecule has 1 aromatic heterocycles. The number of nitrogens with zero attached hydrogens (tertiary/aromatic N) is 2. The number of aliphatic hydroxyl groups excluding tert-OH is 1. The third kappa shape index (κ3) is 3.54. The van der Waals surface area contributed by atoms with E-state index in [4.69, 9.17) is 9.47 Å². The van der Waals surface area contributed by atoms with Gasteiger partial charge in [0, 0.05) is 30.4 Å². The molecule has 1 N–H and O–H groups in total. The van der Waals surface area contributed by atoms with Crippen molar-refractivity contribution in [2.45, 2.75) is 38.8 Å². The molecule has 2 unspecified atom stereocenters. The van der Waals surface area contributed by atoms with Crippen LogP contribution < -0.4 is 4.74 Å². The first-order chi connectivity index (χ1) is 10.1. The molecular weight excluding hydrogens is 268 g/mol. The molecular formula is C16H26N2O3. The minimum absolute atomic E-state index is 0.323. The van der Waals surface area contributed by atoms with Crippen molar-refractivity contribution in [1.29, 1.82) is 0 Å². The minimum atomic E-state index is -0.603. The first-order valence-corrected chi connectivity index (χ1v) is 7.70. The van der Waals surface area contributed by atoms with E-state index in [2.05, 4.69) is 23.7 Å². The molecule has 1 aliphatic rings. The van der Waals surface area contributed by atoms with Crippen LogP contribution in [0.5, 0.6) is 5.75 Å². The molecule has 0 radical (unpaired) electrons. The zero-order valence-corrected chi connectivity index (χ0v) is 13.2. The van der Waals surface area contributed by atoms with Gasteiger partial charge in [-0.05, 0) is 26.3 Å². The minimum Gasteiger partial charge on any atom is -0.492 e. The van der Waals surface area contributed by atoms with Gasteiger partial charge in [0.15, 0.2) is 0 Å². The summed E-state index contributed by atoms with van der Waals surface area (Å²) in [7, 11) is 0. The van der Waals surface area contributed by atoms with E-state index in [9.17, 15) is 5.11 Å². The third-order valence-corrected chi connectivity index (χ3v) is 4.40. The standard InChI is InChI=1S/C16H26N2O3/c1-4-16(3,18-6-8-20-9-7-18)15(19)13-10-14(21-5-2)12-17-11-13/h10-12,15,19H,4-9H2,1-3H3. The van der Waals surface area contributed by atoms with Crippen LogP contribution in [-0.4, -0.2) is 53.4 Å². The molecule has 0 saturated carbocycles. The highest BCUT2D eigenvalue weighted by Crippen LogP contribution is 2.35. The van der Waals surface area contributed by atoms with Gasteiger partial charge in [-0.1, -0.05) is 6.92 Å². The van der Waals surface area contributed by atoms with Gasteiger partial charge in [-0.15, -0.1) is 0 Å². The topological polar surface area (TPSA) is 54.8 Å². The Morgan fingerprint density at radius 2 is 2.10 bits per heavy atom. The molecule has 2 rings (SSSR count). The van der Waals surface area contributed by atoms with Crippen LogP contribution in [0.1, 0.15) is 38.9 Å². The van der Waals surface area contributed by atoms with Crippen molar-refractivity contribution >= 4 is 0 Å². The molecule has 118 valence electrons. The van der Waals surface area contributed by atoms with E-state index in [0.717, 1.165) is 38.3 Å². The average molecular weight is 294 g/mol. The first-order valence-electron chi connectivity index (χ1n) is 7.70. The molecule has 2 atom stereocenters. The molecule has 1 fully saturated rings. The zero-order valence-electron chi connectivity index (χ0n) is 13.2. The molecule has 2 heterocycles. The van der Waals surface area contributed by atoms with Gasteiger partial charge in [-0.25, -0.2) is 0 Å². The fourth-order valence-electron chi connectivity index (χ4n) is 2.85. The summed E-state index contributed by atoms with van der Waals surface area (Å²) in [6.07, 6.45) is 3.65. The summed E-state index contributed by atoms with van der Waals surface area (Å²) in [4.78, 5) is 6.50. The van der Waals surface area contributed by atoms with Crippen LogP contribution in [0.3, 0.4) is 0 Å². The van der Waals surface area contributed by atoms with Crippen molar-refractivity contribution in [3.05, 3.63) is 24.0 Å². The van der Waals surface area contributed by atoms with Crippen LogP contribution in [0.2, 0.25) is 0 Å². The lowest BCUT2D eigenvalue weighted by Crippen LogP contribution is -2.54. The van der Waals surface area contributed by atoms with Crippen molar-refractivity contribution in [2.75, 3.05) is 32.9 Å². The second-order valence-electron chi connectivity index (χ2n) is 5.60. The van der Waals surface area contributed by atoms with Crippen molar-refractivity contribution in [2.24, 2.45) is 0 Å². The highest BCUT2D eigenvalue weighted by atomic mass is 16.5. The molecule has 0 amide bonds. The molecule has 1 aliphatic heterocycles. The van der Waals surface area contributed by atoms with Gasteiger partial charge in [-0.2, -0.15) is 0 Å². The highest BCUT2D eigenvalue weighted by Gasteiger charge is 2.39.